The molecule has 1 aliphatic heterocycles. The first-order valence-electron chi connectivity index (χ1n) is 9.10. The molecule has 0 aliphatic carbocycles. The highest BCUT2D eigenvalue weighted by Gasteiger charge is 2.28. The SMILES string of the molecule is CCN1CCc2cc(OC)c(OC)cc2[C@H]1CNC(=O)c1cccc(F)c1. The number of nitrogens with one attached hydrogen (secondary N) is 1. The fraction of sp³-hybridized carbons (Fsp3) is 0.381. The second-order valence-corrected chi connectivity index (χ2v) is 6.52. The highest BCUT2D eigenvalue weighted by Crippen LogP contribution is 2.37. The van der Waals surface area contributed by atoms with Gasteiger partial charge in [0.1, 0.15) is 5.82 Å². The third-order valence-electron chi connectivity index (χ3n) is 5.06. The van der Waals surface area contributed by atoms with Crippen molar-refractivity contribution in [2.75, 3.05) is 33.9 Å². The smallest absolute Gasteiger partial charge is 0.251 e. The molecule has 2 aromatic rings. The van der Waals surface area contributed by atoms with Crippen LogP contribution in [0.2, 0.25) is 0 Å². The number of amides is 1. The minimum Gasteiger partial charge on any atom is -0.493 e. The molecule has 1 amide bonds. The van der Waals surface area contributed by atoms with E-state index in [2.05, 4.69) is 17.1 Å². The van der Waals surface area contributed by atoms with Crippen LogP contribution in [0.25, 0.3) is 0 Å². The predicted octanol–water partition coefficient (Wildman–Crippen LogP) is 3.19. The lowest BCUT2D eigenvalue weighted by Gasteiger charge is -2.37. The Morgan fingerprint density at radius 2 is 1.96 bits per heavy atom. The van der Waals surface area contributed by atoms with Crippen LogP contribution in [0, 0.1) is 5.82 Å². The first-order valence-corrected chi connectivity index (χ1v) is 9.10. The molecule has 1 atom stereocenters. The largest absolute Gasteiger partial charge is 0.493 e. The van der Waals surface area contributed by atoms with Crippen molar-refractivity contribution in [3.05, 3.63) is 58.9 Å². The zero-order valence-electron chi connectivity index (χ0n) is 15.9. The summed E-state index contributed by atoms with van der Waals surface area (Å²) in [7, 11) is 3.24. The van der Waals surface area contributed by atoms with E-state index >= 15 is 0 Å². The predicted molar refractivity (Wildman–Crippen MR) is 102 cm³/mol. The number of rotatable bonds is 6. The molecule has 0 radical (unpaired) electrons. The van der Waals surface area contributed by atoms with Gasteiger partial charge in [0.25, 0.3) is 5.91 Å². The highest BCUT2D eigenvalue weighted by atomic mass is 19.1. The molecule has 1 aliphatic rings. The van der Waals surface area contributed by atoms with Crippen LogP contribution in [-0.2, 0) is 6.42 Å². The maximum Gasteiger partial charge on any atom is 0.251 e. The van der Waals surface area contributed by atoms with Crippen LogP contribution in [0.3, 0.4) is 0 Å². The molecule has 0 aromatic heterocycles. The monoisotopic (exact) mass is 372 g/mol. The van der Waals surface area contributed by atoms with Gasteiger partial charge in [-0.15, -0.1) is 0 Å². The maximum absolute atomic E-state index is 13.4. The summed E-state index contributed by atoms with van der Waals surface area (Å²) in [4.78, 5) is 14.7. The third-order valence-corrected chi connectivity index (χ3v) is 5.06. The Morgan fingerprint density at radius 3 is 2.63 bits per heavy atom. The van der Waals surface area contributed by atoms with Gasteiger partial charge in [0.05, 0.1) is 20.3 Å². The van der Waals surface area contributed by atoms with Crippen LogP contribution in [0.5, 0.6) is 11.5 Å². The quantitative estimate of drug-likeness (QED) is 0.846. The Kier molecular flexibility index (Phi) is 5.96. The second-order valence-electron chi connectivity index (χ2n) is 6.52. The van der Waals surface area contributed by atoms with Crippen molar-refractivity contribution in [1.82, 2.24) is 10.2 Å². The summed E-state index contributed by atoms with van der Waals surface area (Å²) >= 11 is 0. The summed E-state index contributed by atoms with van der Waals surface area (Å²) in [6.07, 6.45) is 0.915. The minimum absolute atomic E-state index is 0.0241. The average molecular weight is 372 g/mol. The maximum atomic E-state index is 13.4. The zero-order chi connectivity index (χ0) is 19.4. The van der Waals surface area contributed by atoms with Gasteiger partial charge < -0.3 is 14.8 Å². The first kappa shape index (κ1) is 19.2. The molecule has 0 bridgehead atoms. The summed E-state index contributed by atoms with van der Waals surface area (Å²) in [6.45, 7) is 4.31. The fourth-order valence-corrected chi connectivity index (χ4v) is 3.62. The van der Waals surface area contributed by atoms with Crippen LogP contribution < -0.4 is 14.8 Å². The van der Waals surface area contributed by atoms with Gasteiger partial charge in [0.15, 0.2) is 11.5 Å². The van der Waals surface area contributed by atoms with E-state index in [-0.39, 0.29) is 11.9 Å². The summed E-state index contributed by atoms with van der Waals surface area (Å²) in [5, 5.41) is 2.95. The number of hydrogen-bond donors (Lipinski definition) is 1. The van der Waals surface area contributed by atoms with E-state index in [0.29, 0.717) is 23.6 Å². The number of benzene rings is 2. The average Bonchev–Trinajstić information content (AvgIpc) is 2.70. The van der Waals surface area contributed by atoms with E-state index in [9.17, 15) is 9.18 Å². The van der Waals surface area contributed by atoms with Crippen molar-refractivity contribution in [2.24, 2.45) is 0 Å². The van der Waals surface area contributed by atoms with Gasteiger partial charge in [0, 0.05) is 18.7 Å². The molecule has 144 valence electrons. The minimum atomic E-state index is -0.419. The Bertz CT molecular complexity index is 825. The van der Waals surface area contributed by atoms with Gasteiger partial charge in [-0.25, -0.2) is 4.39 Å². The molecule has 5 nitrogen and oxygen atoms in total. The molecule has 1 N–H and O–H groups in total. The standard InChI is InChI=1S/C21H25FN2O3/c1-4-24-9-8-14-11-19(26-2)20(27-3)12-17(14)18(24)13-23-21(25)15-6-5-7-16(22)10-15/h5-7,10-12,18H,4,8-9,13H2,1-3H3,(H,23,25)/t18-/m1/s1. The van der Waals surface area contributed by atoms with E-state index in [0.717, 1.165) is 25.1 Å². The number of nitrogens with zero attached hydrogens (tertiary/aromatic N) is 1. The molecule has 0 unspecified atom stereocenters. The van der Waals surface area contributed by atoms with Crippen molar-refractivity contribution < 1.29 is 18.7 Å². The van der Waals surface area contributed by atoms with Crippen molar-refractivity contribution in [3.8, 4) is 11.5 Å². The van der Waals surface area contributed by atoms with Gasteiger partial charge in [-0.2, -0.15) is 0 Å². The lowest BCUT2D eigenvalue weighted by atomic mass is 9.91. The Morgan fingerprint density at radius 1 is 1.22 bits per heavy atom. The first-order chi connectivity index (χ1) is 13.1. The van der Waals surface area contributed by atoms with Gasteiger partial charge in [0.2, 0.25) is 0 Å². The van der Waals surface area contributed by atoms with Crippen LogP contribution in [0.15, 0.2) is 36.4 Å². The number of halogens is 1. The Hall–Kier alpha value is -2.60. The van der Waals surface area contributed by atoms with E-state index in [4.69, 9.17) is 9.47 Å². The number of fused-ring (bicyclic) bond motifs is 1. The topological polar surface area (TPSA) is 50.8 Å². The van der Waals surface area contributed by atoms with Crippen molar-refractivity contribution >= 4 is 5.91 Å². The third kappa shape index (κ3) is 4.06. The van der Waals surface area contributed by atoms with E-state index in [1.165, 1.54) is 23.8 Å². The van der Waals surface area contributed by atoms with Crippen LogP contribution >= 0.6 is 0 Å². The van der Waals surface area contributed by atoms with Gasteiger partial charge in [-0.05, 0) is 54.4 Å². The van der Waals surface area contributed by atoms with Gasteiger partial charge >= 0.3 is 0 Å². The van der Waals surface area contributed by atoms with Crippen molar-refractivity contribution in [2.45, 2.75) is 19.4 Å². The number of ether oxygens (including phenoxy) is 2. The summed E-state index contributed by atoms with van der Waals surface area (Å²) in [5.41, 5.74) is 2.64. The zero-order valence-corrected chi connectivity index (χ0v) is 15.9. The number of carbonyl (C=O) groups is 1. The van der Waals surface area contributed by atoms with Crippen LogP contribution in [0.1, 0.15) is 34.5 Å². The van der Waals surface area contributed by atoms with E-state index in [1.807, 2.05) is 12.1 Å². The number of methoxy groups -OCH3 is 2. The van der Waals surface area contributed by atoms with Crippen LogP contribution in [0.4, 0.5) is 4.39 Å². The molecule has 2 aromatic carbocycles. The normalized spacial score (nSPS) is 16.5. The lowest BCUT2D eigenvalue weighted by molar-refractivity contribution is 0.0930. The van der Waals surface area contributed by atoms with Crippen molar-refractivity contribution in [3.63, 3.8) is 0 Å². The van der Waals surface area contributed by atoms with Crippen molar-refractivity contribution in [1.29, 1.82) is 0 Å². The second kappa shape index (κ2) is 8.39. The number of likely N-dealkylation sites (N-methyl/N-ethyl adjacent to an activating group) is 1. The van der Waals surface area contributed by atoms with E-state index in [1.54, 1.807) is 20.3 Å². The summed E-state index contributed by atoms with van der Waals surface area (Å²) < 4.78 is 24.2. The molecule has 0 fully saturated rings. The highest BCUT2D eigenvalue weighted by molar-refractivity contribution is 5.94. The van der Waals surface area contributed by atoms with E-state index < -0.39 is 5.82 Å². The molecule has 1 heterocycles. The summed E-state index contributed by atoms with van der Waals surface area (Å²) in [5.74, 6) is 0.690. The van der Waals surface area contributed by atoms with Crippen LogP contribution in [-0.4, -0.2) is 44.7 Å². The number of carbonyl (C=O) groups excluding carboxylic acids is 1. The molecule has 27 heavy (non-hydrogen) atoms. The lowest BCUT2D eigenvalue weighted by Crippen LogP contribution is -2.42. The van der Waals surface area contributed by atoms with Gasteiger partial charge in [-0.1, -0.05) is 13.0 Å². The number of hydrogen-bond acceptors (Lipinski definition) is 4. The molecule has 0 saturated carbocycles. The van der Waals surface area contributed by atoms with Gasteiger partial charge in [-0.3, -0.25) is 9.69 Å². The molecule has 3 rings (SSSR count). The molecule has 0 spiro atoms. The molecule has 6 heteroatoms. The molecular formula is C21H25FN2O3. The fourth-order valence-electron chi connectivity index (χ4n) is 3.62. The summed E-state index contributed by atoms with van der Waals surface area (Å²) in [6, 6.07) is 9.75. The Balaban J connectivity index is 1.84. The molecule has 0 saturated heterocycles. The molecular weight excluding hydrogens is 347 g/mol. The Labute approximate surface area is 159 Å².